The number of likely N-dealkylation sites (N-methyl/N-ethyl adjacent to an activating group) is 1. The standard InChI is InChI=1S/C24H34N4O2/c1-18(2)28-15-11-19(12-16-28)20-9-5-6-10-21(20)22(29)26-24(13-7-4-8-14-24)23(30)27(3)17-25/h5-6,9-10,18-19H,4,7-8,11-16H2,1-3H3,(H,26,29). The van der Waals surface area contributed by atoms with E-state index in [1.54, 1.807) is 0 Å². The molecule has 1 N–H and O–H groups in total. The number of rotatable bonds is 5. The number of piperidine rings is 1. The Balaban J connectivity index is 1.81. The monoisotopic (exact) mass is 410 g/mol. The van der Waals surface area contributed by atoms with Crippen molar-refractivity contribution in [1.82, 2.24) is 15.1 Å². The molecule has 3 rings (SSSR count). The summed E-state index contributed by atoms with van der Waals surface area (Å²) in [6, 6.07) is 8.35. The smallest absolute Gasteiger partial charge is 0.261 e. The molecular formula is C24H34N4O2. The predicted molar refractivity (Wildman–Crippen MR) is 117 cm³/mol. The van der Waals surface area contributed by atoms with Crippen molar-refractivity contribution >= 4 is 11.8 Å². The second kappa shape index (κ2) is 9.61. The topological polar surface area (TPSA) is 76.4 Å². The fourth-order valence-electron chi connectivity index (χ4n) is 4.99. The van der Waals surface area contributed by atoms with E-state index in [1.165, 1.54) is 7.05 Å². The van der Waals surface area contributed by atoms with Crippen molar-refractivity contribution in [2.75, 3.05) is 20.1 Å². The molecule has 1 saturated heterocycles. The van der Waals surface area contributed by atoms with Gasteiger partial charge < -0.3 is 10.2 Å². The zero-order chi connectivity index (χ0) is 21.7. The van der Waals surface area contributed by atoms with Crippen LogP contribution in [-0.2, 0) is 4.79 Å². The van der Waals surface area contributed by atoms with Gasteiger partial charge in [0.1, 0.15) is 5.54 Å². The normalized spacial score (nSPS) is 19.8. The van der Waals surface area contributed by atoms with E-state index in [0.717, 1.165) is 55.7 Å². The molecule has 2 amide bonds. The van der Waals surface area contributed by atoms with E-state index < -0.39 is 5.54 Å². The van der Waals surface area contributed by atoms with Crippen LogP contribution >= 0.6 is 0 Å². The van der Waals surface area contributed by atoms with Gasteiger partial charge in [0.15, 0.2) is 6.19 Å². The number of hydrogen-bond donors (Lipinski definition) is 1. The van der Waals surface area contributed by atoms with Gasteiger partial charge in [-0.2, -0.15) is 5.26 Å². The first-order valence-electron chi connectivity index (χ1n) is 11.2. The second-order valence-corrected chi connectivity index (χ2v) is 9.05. The third kappa shape index (κ3) is 4.67. The molecule has 2 aliphatic rings. The van der Waals surface area contributed by atoms with Crippen LogP contribution in [0.5, 0.6) is 0 Å². The van der Waals surface area contributed by atoms with Crippen LogP contribution in [0.3, 0.4) is 0 Å². The lowest BCUT2D eigenvalue weighted by Gasteiger charge is -2.38. The summed E-state index contributed by atoms with van der Waals surface area (Å²) >= 11 is 0. The molecule has 1 aromatic rings. The van der Waals surface area contributed by atoms with Crippen LogP contribution in [0.1, 0.15) is 80.6 Å². The first-order chi connectivity index (χ1) is 14.4. The Kier molecular flexibility index (Phi) is 7.14. The van der Waals surface area contributed by atoms with Crippen LogP contribution in [0.4, 0.5) is 0 Å². The molecule has 1 saturated carbocycles. The fraction of sp³-hybridized carbons (Fsp3) is 0.625. The van der Waals surface area contributed by atoms with Gasteiger partial charge >= 0.3 is 0 Å². The van der Waals surface area contributed by atoms with Crippen LogP contribution in [0, 0.1) is 11.5 Å². The molecule has 0 spiro atoms. The molecule has 0 radical (unpaired) electrons. The molecule has 0 aromatic heterocycles. The third-order valence-electron chi connectivity index (χ3n) is 6.83. The number of nitrogens with zero attached hydrogens (tertiary/aromatic N) is 3. The largest absolute Gasteiger partial charge is 0.338 e. The van der Waals surface area contributed by atoms with Crippen LogP contribution < -0.4 is 5.32 Å². The van der Waals surface area contributed by atoms with Gasteiger partial charge in [-0.3, -0.25) is 14.5 Å². The van der Waals surface area contributed by atoms with Gasteiger partial charge in [0, 0.05) is 18.7 Å². The molecule has 0 unspecified atom stereocenters. The Morgan fingerprint density at radius 1 is 1.17 bits per heavy atom. The van der Waals surface area contributed by atoms with Crippen molar-refractivity contribution in [2.45, 2.75) is 76.3 Å². The van der Waals surface area contributed by atoms with E-state index in [1.807, 2.05) is 24.4 Å². The lowest BCUT2D eigenvalue weighted by Crippen LogP contribution is -2.59. The molecule has 1 heterocycles. The Morgan fingerprint density at radius 2 is 1.80 bits per heavy atom. The number of likely N-dealkylation sites (tertiary alicyclic amines) is 1. The van der Waals surface area contributed by atoms with E-state index in [0.29, 0.717) is 30.4 Å². The average molecular weight is 411 g/mol. The molecule has 162 valence electrons. The van der Waals surface area contributed by atoms with E-state index in [2.05, 4.69) is 30.1 Å². The van der Waals surface area contributed by atoms with Crippen molar-refractivity contribution in [1.29, 1.82) is 5.26 Å². The highest BCUT2D eigenvalue weighted by Gasteiger charge is 2.43. The summed E-state index contributed by atoms with van der Waals surface area (Å²) < 4.78 is 0. The van der Waals surface area contributed by atoms with Crippen LogP contribution in [0.2, 0.25) is 0 Å². The maximum Gasteiger partial charge on any atom is 0.261 e. The van der Waals surface area contributed by atoms with Gasteiger partial charge in [0.25, 0.3) is 11.8 Å². The van der Waals surface area contributed by atoms with Crippen molar-refractivity contribution in [2.24, 2.45) is 0 Å². The molecule has 1 aromatic carbocycles. The third-order valence-corrected chi connectivity index (χ3v) is 6.83. The minimum Gasteiger partial charge on any atom is -0.338 e. The maximum absolute atomic E-state index is 13.4. The Bertz CT molecular complexity index is 800. The number of carbonyl (C=O) groups is 2. The number of amides is 2. The van der Waals surface area contributed by atoms with Crippen molar-refractivity contribution in [3.63, 3.8) is 0 Å². The number of nitriles is 1. The summed E-state index contributed by atoms with van der Waals surface area (Å²) in [4.78, 5) is 29.9. The van der Waals surface area contributed by atoms with E-state index in [-0.39, 0.29) is 11.8 Å². The van der Waals surface area contributed by atoms with Crippen LogP contribution in [-0.4, -0.2) is 53.3 Å². The second-order valence-electron chi connectivity index (χ2n) is 9.05. The zero-order valence-electron chi connectivity index (χ0n) is 18.5. The number of hydrogen-bond acceptors (Lipinski definition) is 4. The van der Waals surface area contributed by atoms with Gasteiger partial charge in [-0.05, 0) is 70.2 Å². The molecule has 6 heteroatoms. The summed E-state index contributed by atoms with van der Waals surface area (Å²) in [5.41, 5.74) is 0.761. The molecular weight excluding hydrogens is 376 g/mol. The number of nitrogens with one attached hydrogen (secondary N) is 1. The Hall–Kier alpha value is -2.39. The first-order valence-corrected chi connectivity index (χ1v) is 11.2. The van der Waals surface area contributed by atoms with Gasteiger partial charge in [-0.15, -0.1) is 0 Å². The van der Waals surface area contributed by atoms with Crippen LogP contribution in [0.25, 0.3) is 0 Å². The Morgan fingerprint density at radius 3 is 2.40 bits per heavy atom. The van der Waals surface area contributed by atoms with Gasteiger partial charge in [-0.1, -0.05) is 37.5 Å². The van der Waals surface area contributed by atoms with Gasteiger partial charge in [-0.25, -0.2) is 0 Å². The molecule has 30 heavy (non-hydrogen) atoms. The summed E-state index contributed by atoms with van der Waals surface area (Å²) in [6.07, 6.45) is 7.93. The minimum atomic E-state index is -0.978. The van der Waals surface area contributed by atoms with Crippen LogP contribution in [0.15, 0.2) is 24.3 Å². The SMILES string of the molecule is CC(C)N1CCC(c2ccccc2C(=O)NC2(C(=O)N(C)C#N)CCCCC2)CC1. The number of carbonyl (C=O) groups excluding carboxylic acids is 2. The number of benzene rings is 1. The van der Waals surface area contributed by atoms with E-state index >= 15 is 0 Å². The molecule has 6 nitrogen and oxygen atoms in total. The summed E-state index contributed by atoms with van der Waals surface area (Å²) in [5.74, 6) is -0.152. The minimum absolute atomic E-state index is 0.196. The van der Waals surface area contributed by atoms with E-state index in [4.69, 9.17) is 0 Å². The lowest BCUT2D eigenvalue weighted by atomic mass is 9.79. The highest BCUT2D eigenvalue weighted by atomic mass is 16.2. The summed E-state index contributed by atoms with van der Waals surface area (Å²) in [7, 11) is 1.47. The fourth-order valence-corrected chi connectivity index (χ4v) is 4.99. The Labute approximate surface area is 180 Å². The molecule has 0 atom stereocenters. The predicted octanol–water partition coefficient (Wildman–Crippen LogP) is 3.65. The van der Waals surface area contributed by atoms with Gasteiger partial charge in [0.2, 0.25) is 0 Å². The summed E-state index contributed by atoms with van der Waals surface area (Å²) in [6.45, 7) is 6.52. The highest BCUT2D eigenvalue weighted by Crippen LogP contribution is 2.33. The maximum atomic E-state index is 13.4. The lowest BCUT2D eigenvalue weighted by molar-refractivity contribution is -0.135. The zero-order valence-corrected chi connectivity index (χ0v) is 18.5. The highest BCUT2D eigenvalue weighted by molar-refractivity contribution is 6.00. The quantitative estimate of drug-likeness (QED) is 0.594. The van der Waals surface area contributed by atoms with Crippen molar-refractivity contribution in [3.05, 3.63) is 35.4 Å². The van der Waals surface area contributed by atoms with Gasteiger partial charge in [0.05, 0.1) is 0 Å². The molecule has 1 aliphatic heterocycles. The van der Waals surface area contributed by atoms with Crippen molar-refractivity contribution in [3.8, 4) is 6.19 Å². The first kappa shape index (κ1) is 22.3. The molecule has 0 bridgehead atoms. The van der Waals surface area contributed by atoms with Crippen molar-refractivity contribution < 1.29 is 9.59 Å². The average Bonchev–Trinajstić information content (AvgIpc) is 2.78. The molecule has 2 fully saturated rings. The van der Waals surface area contributed by atoms with E-state index in [9.17, 15) is 14.9 Å². The summed E-state index contributed by atoms with van der Waals surface area (Å²) in [5, 5.41) is 12.3. The molecule has 1 aliphatic carbocycles.